The average Bonchev–Trinajstić information content (AvgIpc) is 2.72. The minimum atomic E-state index is -1.10. The summed E-state index contributed by atoms with van der Waals surface area (Å²) in [4.78, 5) is 27.4. The first-order chi connectivity index (χ1) is 8.49. The van der Waals surface area contributed by atoms with Gasteiger partial charge in [-0.05, 0) is 12.1 Å². The normalized spacial score (nSPS) is 10.5. The van der Waals surface area contributed by atoms with Crippen LogP contribution in [0.15, 0.2) is 24.5 Å². The van der Waals surface area contributed by atoms with Gasteiger partial charge in [-0.1, -0.05) is 0 Å². The summed E-state index contributed by atoms with van der Waals surface area (Å²) in [6.45, 7) is -0.404. The zero-order valence-electron chi connectivity index (χ0n) is 9.57. The van der Waals surface area contributed by atoms with Crippen molar-refractivity contribution >= 4 is 17.5 Å². The van der Waals surface area contributed by atoms with Gasteiger partial charge in [0.2, 0.25) is 0 Å². The number of carboxylic acid groups (broad SMARTS) is 1. The van der Waals surface area contributed by atoms with Crippen LogP contribution in [0.4, 0.5) is 0 Å². The molecule has 2 heterocycles. The van der Waals surface area contributed by atoms with Gasteiger partial charge in [-0.2, -0.15) is 0 Å². The number of aliphatic carboxylic acids is 1. The molecule has 18 heavy (non-hydrogen) atoms. The van der Waals surface area contributed by atoms with Crippen LogP contribution in [-0.4, -0.2) is 50.0 Å². The van der Waals surface area contributed by atoms with Gasteiger partial charge in [0, 0.05) is 19.4 Å². The molecule has 7 heteroatoms. The monoisotopic (exact) mass is 249 g/mol. The maximum atomic E-state index is 11.9. The lowest BCUT2D eigenvalue weighted by atomic mass is 10.4. The molecule has 0 aliphatic carbocycles. The maximum Gasteiger partial charge on any atom is 0.323 e. The number of pyridine rings is 1. The molecule has 0 saturated carbocycles. The number of amides is 1. The Bertz CT molecular complexity index is 620. The minimum absolute atomic E-state index is 0.0440. The Labute approximate surface area is 102 Å². The molecule has 0 radical (unpaired) electrons. The third-order valence-corrected chi connectivity index (χ3v) is 2.40. The predicted molar refractivity (Wildman–Crippen MR) is 61.5 cm³/mol. The molecule has 0 aromatic carbocycles. The van der Waals surface area contributed by atoms with Gasteiger partial charge in [-0.15, -0.1) is 0 Å². The summed E-state index contributed by atoms with van der Waals surface area (Å²) < 4.78 is 1.50. The highest BCUT2D eigenvalue weighted by molar-refractivity contribution is 5.94. The summed E-state index contributed by atoms with van der Waals surface area (Å²) in [5.74, 6) is -1.66. The highest BCUT2D eigenvalue weighted by atomic mass is 16.4. The molecule has 94 valence electrons. The predicted octanol–water partition coefficient (Wildman–Crippen LogP) is 0.196. The lowest BCUT2D eigenvalue weighted by Crippen LogP contribution is -2.32. The van der Waals surface area contributed by atoms with Crippen molar-refractivity contribution in [1.82, 2.24) is 14.3 Å². The second-order valence-corrected chi connectivity index (χ2v) is 3.81. The van der Waals surface area contributed by atoms with E-state index in [9.17, 15) is 14.7 Å². The quantitative estimate of drug-likeness (QED) is 0.810. The van der Waals surface area contributed by atoms with Gasteiger partial charge in [0.15, 0.2) is 11.4 Å². The molecule has 2 aromatic rings. The van der Waals surface area contributed by atoms with E-state index < -0.39 is 18.4 Å². The third-order valence-electron chi connectivity index (χ3n) is 2.40. The first-order valence-corrected chi connectivity index (χ1v) is 5.13. The molecule has 2 rings (SSSR count). The number of carboxylic acids is 1. The van der Waals surface area contributed by atoms with Crippen molar-refractivity contribution in [3.8, 4) is 5.75 Å². The van der Waals surface area contributed by atoms with E-state index in [0.717, 1.165) is 4.90 Å². The van der Waals surface area contributed by atoms with E-state index in [4.69, 9.17) is 5.11 Å². The zero-order valence-corrected chi connectivity index (χ0v) is 9.57. The van der Waals surface area contributed by atoms with E-state index in [1.54, 1.807) is 12.3 Å². The molecule has 0 unspecified atom stereocenters. The maximum absolute atomic E-state index is 11.9. The number of fused-ring (bicyclic) bond motifs is 1. The minimum Gasteiger partial charge on any atom is -0.504 e. The average molecular weight is 249 g/mol. The molecule has 0 spiro atoms. The topological polar surface area (TPSA) is 95.1 Å². The molecule has 0 atom stereocenters. The van der Waals surface area contributed by atoms with Crippen LogP contribution in [0.3, 0.4) is 0 Å². The van der Waals surface area contributed by atoms with Crippen LogP contribution in [0, 0.1) is 0 Å². The number of hydrogen-bond acceptors (Lipinski definition) is 4. The largest absolute Gasteiger partial charge is 0.504 e. The number of hydrogen-bond donors (Lipinski definition) is 2. The molecule has 2 N–H and O–H groups in total. The van der Waals surface area contributed by atoms with E-state index in [2.05, 4.69) is 4.98 Å². The SMILES string of the molecule is CN(CC(=O)O)C(=O)c1cn2cccc(O)c2n1. The standard InChI is InChI=1S/C11H11N3O4/c1-13(6-9(16)17)11(18)7-5-14-4-2-3-8(15)10(14)12-7/h2-5,15H,6H2,1H3,(H,16,17). The summed E-state index contributed by atoms with van der Waals surface area (Å²) in [6, 6.07) is 3.07. The van der Waals surface area contributed by atoms with Crippen molar-refractivity contribution < 1.29 is 19.8 Å². The summed E-state index contributed by atoms with van der Waals surface area (Å²) >= 11 is 0. The number of nitrogens with zero attached hydrogens (tertiary/aromatic N) is 3. The Kier molecular flexibility index (Phi) is 2.88. The van der Waals surface area contributed by atoms with Crippen LogP contribution >= 0.6 is 0 Å². The highest BCUT2D eigenvalue weighted by Crippen LogP contribution is 2.17. The second kappa shape index (κ2) is 4.36. The number of aromatic nitrogens is 2. The van der Waals surface area contributed by atoms with E-state index in [1.165, 1.54) is 23.7 Å². The van der Waals surface area contributed by atoms with Crippen LogP contribution in [0.1, 0.15) is 10.5 Å². The van der Waals surface area contributed by atoms with E-state index in [0.29, 0.717) is 0 Å². The summed E-state index contributed by atoms with van der Waals surface area (Å²) in [7, 11) is 1.38. The molecule has 0 aliphatic rings. The summed E-state index contributed by atoms with van der Waals surface area (Å²) in [6.07, 6.45) is 3.08. The first-order valence-electron chi connectivity index (χ1n) is 5.13. The summed E-state index contributed by atoms with van der Waals surface area (Å²) in [5.41, 5.74) is 0.338. The number of rotatable bonds is 3. The Morgan fingerprint density at radius 2 is 2.22 bits per heavy atom. The smallest absolute Gasteiger partial charge is 0.323 e. The zero-order chi connectivity index (χ0) is 13.3. The molecule has 2 aromatic heterocycles. The number of imidazole rings is 1. The molecule has 7 nitrogen and oxygen atoms in total. The summed E-state index contributed by atoms with van der Waals surface area (Å²) in [5, 5.41) is 18.2. The second-order valence-electron chi connectivity index (χ2n) is 3.81. The molecular formula is C11H11N3O4. The Morgan fingerprint density at radius 1 is 1.50 bits per heavy atom. The molecule has 0 fully saturated rings. The van der Waals surface area contributed by atoms with E-state index in [-0.39, 0.29) is 17.1 Å². The van der Waals surface area contributed by atoms with Crippen LogP contribution in [0.5, 0.6) is 5.75 Å². The third kappa shape index (κ3) is 2.10. The van der Waals surface area contributed by atoms with Crippen molar-refractivity contribution in [2.24, 2.45) is 0 Å². The fraction of sp³-hybridized carbons (Fsp3) is 0.182. The van der Waals surface area contributed by atoms with Gasteiger partial charge < -0.3 is 19.5 Å². The molecule has 0 bridgehead atoms. The fourth-order valence-corrected chi connectivity index (χ4v) is 1.57. The molecular weight excluding hydrogens is 238 g/mol. The number of likely N-dealkylation sites (N-methyl/N-ethyl adjacent to an activating group) is 1. The molecule has 0 aliphatic heterocycles. The fourth-order valence-electron chi connectivity index (χ4n) is 1.57. The van der Waals surface area contributed by atoms with Gasteiger partial charge >= 0.3 is 5.97 Å². The van der Waals surface area contributed by atoms with Crippen molar-refractivity contribution in [3.05, 3.63) is 30.2 Å². The van der Waals surface area contributed by atoms with Gasteiger partial charge in [0.25, 0.3) is 5.91 Å². The number of aromatic hydroxyl groups is 1. The van der Waals surface area contributed by atoms with Crippen LogP contribution < -0.4 is 0 Å². The lowest BCUT2D eigenvalue weighted by molar-refractivity contribution is -0.137. The van der Waals surface area contributed by atoms with Crippen LogP contribution in [-0.2, 0) is 4.79 Å². The Hall–Kier alpha value is -2.57. The van der Waals surface area contributed by atoms with Gasteiger partial charge in [0.05, 0.1) is 0 Å². The first kappa shape index (κ1) is 11.9. The molecule has 1 amide bonds. The lowest BCUT2D eigenvalue weighted by Gasteiger charge is -2.11. The molecule has 0 saturated heterocycles. The van der Waals surface area contributed by atoms with Gasteiger partial charge in [-0.25, -0.2) is 4.98 Å². The van der Waals surface area contributed by atoms with Crippen molar-refractivity contribution in [2.75, 3.05) is 13.6 Å². The van der Waals surface area contributed by atoms with Gasteiger partial charge in [0.1, 0.15) is 12.2 Å². The van der Waals surface area contributed by atoms with Crippen molar-refractivity contribution in [2.45, 2.75) is 0 Å². The van der Waals surface area contributed by atoms with Crippen LogP contribution in [0.2, 0.25) is 0 Å². The Morgan fingerprint density at radius 3 is 2.83 bits per heavy atom. The number of carbonyl (C=O) groups excluding carboxylic acids is 1. The van der Waals surface area contributed by atoms with Crippen molar-refractivity contribution in [3.63, 3.8) is 0 Å². The van der Waals surface area contributed by atoms with E-state index in [1.807, 2.05) is 0 Å². The van der Waals surface area contributed by atoms with Gasteiger partial charge in [-0.3, -0.25) is 9.59 Å². The van der Waals surface area contributed by atoms with E-state index >= 15 is 0 Å². The van der Waals surface area contributed by atoms with Crippen LogP contribution in [0.25, 0.3) is 5.65 Å². The highest BCUT2D eigenvalue weighted by Gasteiger charge is 2.18. The Balaban J connectivity index is 2.34. The van der Waals surface area contributed by atoms with Crippen molar-refractivity contribution in [1.29, 1.82) is 0 Å². The number of carbonyl (C=O) groups is 2.